The highest BCUT2D eigenvalue weighted by Crippen LogP contribution is 2.32. The van der Waals surface area contributed by atoms with Crippen LogP contribution in [0.3, 0.4) is 0 Å². The molecule has 2 rings (SSSR count). The highest BCUT2D eigenvalue weighted by atomic mass is 32.1. The summed E-state index contributed by atoms with van der Waals surface area (Å²) in [6.07, 6.45) is 4.07. The fourth-order valence-electron chi connectivity index (χ4n) is 1.64. The van der Waals surface area contributed by atoms with E-state index in [1.165, 1.54) is 19.3 Å². The van der Waals surface area contributed by atoms with Crippen LogP contribution in [0.5, 0.6) is 0 Å². The smallest absolute Gasteiger partial charge is 0.0807 e. The molecular weight excluding hydrogens is 118 g/mol. The molecular formula is C6H9NS. The molecule has 1 heterocycles. The van der Waals surface area contributed by atoms with Crippen molar-refractivity contribution in [3.63, 3.8) is 0 Å². The fraction of sp³-hybridized carbons (Fsp3) is 0.833. The van der Waals surface area contributed by atoms with Gasteiger partial charge < -0.3 is 5.32 Å². The van der Waals surface area contributed by atoms with Crippen LogP contribution in [-0.4, -0.2) is 11.0 Å². The summed E-state index contributed by atoms with van der Waals surface area (Å²) in [5.74, 6) is 0.782. The third-order valence-electron chi connectivity index (χ3n) is 2.18. The van der Waals surface area contributed by atoms with Gasteiger partial charge in [0.2, 0.25) is 0 Å². The van der Waals surface area contributed by atoms with Gasteiger partial charge in [-0.25, -0.2) is 0 Å². The molecule has 0 spiro atoms. The Morgan fingerprint density at radius 3 is 2.88 bits per heavy atom. The van der Waals surface area contributed by atoms with Crippen LogP contribution in [0.15, 0.2) is 0 Å². The summed E-state index contributed by atoms with van der Waals surface area (Å²) in [6, 6.07) is 0.780. The van der Waals surface area contributed by atoms with Crippen LogP contribution in [0.25, 0.3) is 0 Å². The molecule has 1 aliphatic heterocycles. The molecule has 0 radical (unpaired) electrons. The predicted octanol–water partition coefficient (Wildman–Crippen LogP) is 1.09. The molecule has 2 atom stereocenters. The van der Waals surface area contributed by atoms with Crippen molar-refractivity contribution in [2.45, 2.75) is 25.3 Å². The van der Waals surface area contributed by atoms with Gasteiger partial charge in [-0.1, -0.05) is 18.6 Å². The lowest BCUT2D eigenvalue weighted by Crippen LogP contribution is -2.53. The minimum atomic E-state index is 0.780. The van der Waals surface area contributed by atoms with E-state index in [2.05, 4.69) is 5.32 Å². The summed E-state index contributed by atoms with van der Waals surface area (Å²) in [7, 11) is 0. The van der Waals surface area contributed by atoms with E-state index in [0.29, 0.717) is 0 Å². The van der Waals surface area contributed by atoms with E-state index >= 15 is 0 Å². The molecule has 1 saturated carbocycles. The molecule has 1 saturated heterocycles. The Balaban J connectivity index is 2.11. The first kappa shape index (κ1) is 4.74. The van der Waals surface area contributed by atoms with Crippen molar-refractivity contribution in [1.82, 2.24) is 5.32 Å². The van der Waals surface area contributed by atoms with Gasteiger partial charge in [0.25, 0.3) is 0 Å². The first-order valence-corrected chi connectivity index (χ1v) is 3.59. The highest BCUT2D eigenvalue weighted by Gasteiger charge is 2.38. The van der Waals surface area contributed by atoms with Crippen LogP contribution >= 0.6 is 12.2 Å². The van der Waals surface area contributed by atoms with Crippen molar-refractivity contribution >= 4 is 17.2 Å². The van der Waals surface area contributed by atoms with E-state index in [1.807, 2.05) is 0 Å². The summed E-state index contributed by atoms with van der Waals surface area (Å²) in [4.78, 5) is 1.12. The van der Waals surface area contributed by atoms with Crippen molar-refractivity contribution in [2.24, 2.45) is 5.92 Å². The average Bonchev–Trinajstić information content (AvgIpc) is 2.09. The van der Waals surface area contributed by atoms with E-state index in [4.69, 9.17) is 12.2 Å². The lowest BCUT2D eigenvalue weighted by molar-refractivity contribution is 0.471. The Morgan fingerprint density at radius 2 is 2.38 bits per heavy atom. The molecule has 44 valence electrons. The van der Waals surface area contributed by atoms with Gasteiger partial charge in [0, 0.05) is 12.0 Å². The van der Waals surface area contributed by atoms with Crippen LogP contribution in [0.4, 0.5) is 0 Å². The summed E-state index contributed by atoms with van der Waals surface area (Å²) in [5, 5.41) is 3.24. The molecule has 1 nitrogen and oxygen atoms in total. The number of thiocarbonyl (C=S) groups is 1. The molecule has 8 heavy (non-hydrogen) atoms. The highest BCUT2D eigenvalue weighted by molar-refractivity contribution is 7.80. The van der Waals surface area contributed by atoms with Crippen LogP contribution in [0.1, 0.15) is 19.3 Å². The van der Waals surface area contributed by atoms with Gasteiger partial charge in [0.15, 0.2) is 0 Å². The molecule has 0 aromatic heterocycles. The lowest BCUT2D eigenvalue weighted by Gasteiger charge is -2.33. The van der Waals surface area contributed by atoms with Crippen molar-refractivity contribution in [1.29, 1.82) is 0 Å². The van der Waals surface area contributed by atoms with Crippen molar-refractivity contribution in [3.8, 4) is 0 Å². The van der Waals surface area contributed by atoms with E-state index in [9.17, 15) is 0 Å². The molecule has 1 aliphatic carbocycles. The Kier molecular flexibility index (Phi) is 0.852. The van der Waals surface area contributed by atoms with Crippen LogP contribution in [0.2, 0.25) is 0 Å². The fourth-order valence-corrected chi connectivity index (χ4v) is 2.07. The standard InChI is InChI=1S/C6H9NS/c8-6-4-2-1-3-5(4)7-6/h4-5H,1-3H2,(H,7,8). The maximum Gasteiger partial charge on any atom is 0.0807 e. The van der Waals surface area contributed by atoms with E-state index in [1.54, 1.807) is 0 Å². The van der Waals surface area contributed by atoms with Gasteiger partial charge in [-0.3, -0.25) is 0 Å². The number of rotatable bonds is 0. The molecule has 2 fully saturated rings. The Labute approximate surface area is 54.5 Å². The SMILES string of the molecule is S=C1NC2CCCC12. The zero-order chi connectivity index (χ0) is 5.56. The van der Waals surface area contributed by atoms with Crippen molar-refractivity contribution < 1.29 is 0 Å². The lowest BCUT2D eigenvalue weighted by atomic mass is 9.96. The van der Waals surface area contributed by atoms with E-state index in [0.717, 1.165) is 16.9 Å². The van der Waals surface area contributed by atoms with Crippen molar-refractivity contribution in [2.75, 3.05) is 0 Å². The monoisotopic (exact) mass is 127 g/mol. The largest absolute Gasteiger partial charge is 0.376 e. The van der Waals surface area contributed by atoms with E-state index in [-0.39, 0.29) is 0 Å². The van der Waals surface area contributed by atoms with E-state index < -0.39 is 0 Å². The second kappa shape index (κ2) is 1.44. The second-order valence-corrected chi connectivity index (χ2v) is 3.09. The topological polar surface area (TPSA) is 12.0 Å². The zero-order valence-corrected chi connectivity index (χ0v) is 5.50. The summed E-state index contributed by atoms with van der Waals surface area (Å²) in [6.45, 7) is 0. The molecule has 2 heteroatoms. The Bertz CT molecular complexity index is 132. The minimum Gasteiger partial charge on any atom is -0.376 e. The summed E-state index contributed by atoms with van der Waals surface area (Å²) < 4.78 is 0. The molecule has 1 N–H and O–H groups in total. The Hall–Kier alpha value is -0.110. The summed E-state index contributed by atoms with van der Waals surface area (Å²) >= 11 is 5.01. The van der Waals surface area contributed by atoms with Crippen LogP contribution in [-0.2, 0) is 0 Å². The first-order valence-electron chi connectivity index (χ1n) is 3.18. The van der Waals surface area contributed by atoms with Crippen LogP contribution in [0, 0.1) is 5.92 Å². The molecule has 0 aromatic carbocycles. The predicted molar refractivity (Wildman–Crippen MR) is 36.9 cm³/mol. The van der Waals surface area contributed by atoms with Gasteiger partial charge in [0.05, 0.1) is 4.99 Å². The normalized spacial score (nSPS) is 42.8. The second-order valence-electron chi connectivity index (χ2n) is 2.65. The van der Waals surface area contributed by atoms with Gasteiger partial charge in [-0.05, 0) is 12.8 Å². The maximum absolute atomic E-state index is 5.01. The number of hydrogen-bond acceptors (Lipinski definition) is 1. The van der Waals surface area contributed by atoms with Crippen molar-refractivity contribution in [3.05, 3.63) is 0 Å². The maximum atomic E-state index is 5.01. The molecule has 2 unspecified atom stereocenters. The number of nitrogens with one attached hydrogen (secondary N) is 1. The average molecular weight is 127 g/mol. The van der Waals surface area contributed by atoms with Crippen LogP contribution < -0.4 is 5.32 Å². The third kappa shape index (κ3) is 0.440. The molecule has 0 bridgehead atoms. The van der Waals surface area contributed by atoms with Gasteiger partial charge in [-0.15, -0.1) is 0 Å². The molecule has 0 amide bonds. The third-order valence-corrected chi connectivity index (χ3v) is 2.60. The first-order chi connectivity index (χ1) is 3.88. The molecule has 2 aliphatic rings. The van der Waals surface area contributed by atoms with Gasteiger partial charge in [0.1, 0.15) is 0 Å². The minimum absolute atomic E-state index is 0.780. The Morgan fingerprint density at radius 1 is 1.50 bits per heavy atom. The van der Waals surface area contributed by atoms with Gasteiger partial charge >= 0.3 is 0 Å². The molecule has 0 aromatic rings. The quantitative estimate of drug-likeness (QED) is 0.489. The number of fused-ring (bicyclic) bond motifs is 1. The van der Waals surface area contributed by atoms with Gasteiger partial charge in [-0.2, -0.15) is 0 Å². The zero-order valence-electron chi connectivity index (χ0n) is 4.68. The summed E-state index contributed by atoms with van der Waals surface area (Å²) in [5.41, 5.74) is 0. The number of hydrogen-bond donors (Lipinski definition) is 1.